The fraction of sp³-hybridized carbons (Fsp3) is 0.435. The van der Waals surface area contributed by atoms with Gasteiger partial charge >= 0.3 is 0 Å². The van der Waals surface area contributed by atoms with Gasteiger partial charge in [-0.3, -0.25) is 4.79 Å². The van der Waals surface area contributed by atoms with E-state index in [1.165, 1.54) is 12.1 Å². The van der Waals surface area contributed by atoms with Crippen LogP contribution in [0.25, 0.3) is 0 Å². The van der Waals surface area contributed by atoms with Crippen LogP contribution in [-0.2, 0) is 0 Å². The first-order chi connectivity index (χ1) is 13.5. The van der Waals surface area contributed by atoms with E-state index >= 15 is 0 Å². The number of benzene rings is 2. The Bertz CT molecular complexity index is 836. The second-order valence-electron chi connectivity index (χ2n) is 7.94. The van der Waals surface area contributed by atoms with Crippen LogP contribution >= 0.6 is 0 Å². The molecule has 1 nitrogen and oxygen atoms in total. The molecule has 2 aliphatic carbocycles. The fourth-order valence-corrected chi connectivity index (χ4v) is 4.90. The zero-order valence-corrected chi connectivity index (χ0v) is 15.5. The fourth-order valence-electron chi connectivity index (χ4n) is 4.90. The smallest absolute Gasteiger partial charge is 0.193 e. The molecule has 0 unspecified atom stereocenters. The molecule has 2 fully saturated rings. The highest BCUT2D eigenvalue weighted by Crippen LogP contribution is 2.41. The predicted octanol–water partition coefficient (Wildman–Crippen LogP) is 6.79. The maximum atomic E-state index is 14.7. The zero-order valence-electron chi connectivity index (χ0n) is 15.5. The van der Waals surface area contributed by atoms with E-state index in [0.29, 0.717) is 25.7 Å². The van der Waals surface area contributed by atoms with Crippen LogP contribution in [0.4, 0.5) is 17.6 Å². The highest BCUT2D eigenvalue weighted by molar-refractivity contribution is 6.11. The number of hydrogen-bond acceptors (Lipinski definition) is 1. The molecule has 2 aliphatic rings. The molecule has 148 valence electrons. The van der Waals surface area contributed by atoms with Gasteiger partial charge < -0.3 is 0 Å². The summed E-state index contributed by atoms with van der Waals surface area (Å²) < 4.78 is 57.2. The van der Waals surface area contributed by atoms with Crippen LogP contribution in [0, 0.1) is 23.3 Å². The van der Waals surface area contributed by atoms with Crippen molar-refractivity contribution in [3.63, 3.8) is 0 Å². The van der Waals surface area contributed by atoms with Crippen LogP contribution < -0.4 is 0 Å². The Hall–Kier alpha value is -2.17. The van der Waals surface area contributed by atoms with Crippen LogP contribution in [0.3, 0.4) is 0 Å². The summed E-state index contributed by atoms with van der Waals surface area (Å²) in [6.45, 7) is 0. The lowest BCUT2D eigenvalue weighted by Crippen LogP contribution is -2.15. The molecule has 0 aliphatic heterocycles. The molecule has 0 atom stereocenters. The summed E-state index contributed by atoms with van der Waals surface area (Å²) in [5, 5.41) is 0. The molecule has 5 heteroatoms. The Labute approximate surface area is 161 Å². The van der Waals surface area contributed by atoms with Crippen molar-refractivity contribution >= 4 is 5.78 Å². The summed E-state index contributed by atoms with van der Waals surface area (Å²) in [7, 11) is 0. The summed E-state index contributed by atoms with van der Waals surface area (Å²) in [4.78, 5) is 13.4. The first kappa shape index (κ1) is 19.2. The van der Waals surface area contributed by atoms with E-state index in [1.54, 1.807) is 0 Å². The molecule has 0 aromatic heterocycles. The van der Waals surface area contributed by atoms with Crippen molar-refractivity contribution in [2.75, 3.05) is 0 Å². The van der Waals surface area contributed by atoms with Gasteiger partial charge in [-0.05, 0) is 61.8 Å². The zero-order chi connectivity index (χ0) is 19.8. The normalized spacial score (nSPS) is 18.1. The molecule has 0 spiro atoms. The van der Waals surface area contributed by atoms with Gasteiger partial charge in [0.1, 0.15) is 0 Å². The Balaban J connectivity index is 1.85. The average molecular weight is 390 g/mol. The first-order valence-corrected chi connectivity index (χ1v) is 9.99. The van der Waals surface area contributed by atoms with Gasteiger partial charge in [0.05, 0.1) is 0 Å². The molecule has 2 saturated carbocycles. The van der Waals surface area contributed by atoms with Gasteiger partial charge in [0.15, 0.2) is 29.1 Å². The topological polar surface area (TPSA) is 17.1 Å². The number of rotatable bonds is 4. The standard InChI is InChI=1S/C23H22F4O/c24-17-11-9-15(19(21(17)26)13-5-1-2-6-13)23(28)16-10-12-18(25)22(27)20(16)14-7-3-4-8-14/h9-14H,1-8H2. The molecule has 0 amide bonds. The van der Waals surface area contributed by atoms with E-state index in [1.807, 2.05) is 0 Å². The lowest BCUT2D eigenvalue weighted by molar-refractivity contribution is 0.103. The van der Waals surface area contributed by atoms with E-state index in [-0.39, 0.29) is 34.1 Å². The van der Waals surface area contributed by atoms with E-state index in [4.69, 9.17) is 0 Å². The van der Waals surface area contributed by atoms with Crippen molar-refractivity contribution in [1.29, 1.82) is 0 Å². The summed E-state index contributed by atoms with van der Waals surface area (Å²) in [5.41, 5.74) is 0.307. The SMILES string of the molecule is O=C(c1ccc(F)c(F)c1C1CCCC1)c1ccc(F)c(F)c1C1CCCC1. The number of halogens is 4. The van der Waals surface area contributed by atoms with Gasteiger partial charge in [0.2, 0.25) is 0 Å². The summed E-state index contributed by atoms with van der Waals surface area (Å²) in [5.74, 6) is -4.98. The van der Waals surface area contributed by atoms with Gasteiger partial charge in [0, 0.05) is 22.3 Å². The third-order valence-corrected chi connectivity index (χ3v) is 6.28. The van der Waals surface area contributed by atoms with Crippen LogP contribution in [0.1, 0.15) is 90.3 Å². The van der Waals surface area contributed by atoms with E-state index in [9.17, 15) is 22.4 Å². The lowest BCUT2D eigenvalue weighted by atomic mass is 9.84. The molecule has 0 saturated heterocycles. The maximum Gasteiger partial charge on any atom is 0.193 e. The van der Waals surface area contributed by atoms with Crippen LogP contribution in [0.2, 0.25) is 0 Å². The quantitative estimate of drug-likeness (QED) is 0.415. The summed E-state index contributed by atoms with van der Waals surface area (Å²) in [6.07, 6.45) is 6.34. The monoisotopic (exact) mass is 390 g/mol. The molecule has 0 N–H and O–H groups in total. The minimum atomic E-state index is -0.997. The molecular formula is C23H22F4O. The molecule has 2 aromatic rings. The molecule has 2 aromatic carbocycles. The minimum Gasteiger partial charge on any atom is -0.289 e. The Morgan fingerprint density at radius 3 is 1.36 bits per heavy atom. The van der Waals surface area contributed by atoms with E-state index in [2.05, 4.69) is 0 Å². The van der Waals surface area contributed by atoms with Crippen molar-refractivity contribution in [3.05, 3.63) is 69.8 Å². The van der Waals surface area contributed by atoms with E-state index in [0.717, 1.165) is 37.8 Å². The van der Waals surface area contributed by atoms with Crippen LogP contribution in [-0.4, -0.2) is 5.78 Å². The third-order valence-electron chi connectivity index (χ3n) is 6.28. The number of carbonyl (C=O) groups excluding carboxylic acids is 1. The molecular weight excluding hydrogens is 368 g/mol. The lowest BCUT2D eigenvalue weighted by Gasteiger charge is -2.20. The first-order valence-electron chi connectivity index (χ1n) is 9.99. The Morgan fingerprint density at radius 2 is 1.00 bits per heavy atom. The van der Waals surface area contributed by atoms with Gasteiger partial charge in [-0.1, -0.05) is 25.7 Å². The van der Waals surface area contributed by atoms with Crippen molar-refractivity contribution in [3.8, 4) is 0 Å². The Morgan fingerprint density at radius 1 is 0.643 bits per heavy atom. The van der Waals surface area contributed by atoms with Gasteiger partial charge in [-0.15, -0.1) is 0 Å². The second kappa shape index (κ2) is 7.69. The largest absolute Gasteiger partial charge is 0.289 e. The Kier molecular flexibility index (Phi) is 5.26. The number of ketones is 1. The van der Waals surface area contributed by atoms with Crippen LogP contribution in [0.15, 0.2) is 24.3 Å². The van der Waals surface area contributed by atoms with Gasteiger partial charge in [0.25, 0.3) is 0 Å². The van der Waals surface area contributed by atoms with Crippen molar-refractivity contribution in [2.24, 2.45) is 0 Å². The maximum absolute atomic E-state index is 14.7. The van der Waals surface area contributed by atoms with Crippen molar-refractivity contribution in [2.45, 2.75) is 63.2 Å². The third kappa shape index (κ3) is 3.25. The van der Waals surface area contributed by atoms with Crippen LogP contribution in [0.5, 0.6) is 0 Å². The molecule has 4 rings (SSSR count). The van der Waals surface area contributed by atoms with Crippen molar-refractivity contribution in [1.82, 2.24) is 0 Å². The minimum absolute atomic E-state index is 0.0658. The van der Waals surface area contributed by atoms with E-state index < -0.39 is 29.1 Å². The molecule has 28 heavy (non-hydrogen) atoms. The highest BCUT2D eigenvalue weighted by Gasteiger charge is 2.32. The average Bonchev–Trinajstić information content (AvgIpc) is 3.39. The number of carbonyl (C=O) groups is 1. The highest BCUT2D eigenvalue weighted by atomic mass is 19.2. The summed E-state index contributed by atoms with van der Waals surface area (Å²) >= 11 is 0. The van der Waals surface area contributed by atoms with Gasteiger partial charge in [-0.2, -0.15) is 0 Å². The van der Waals surface area contributed by atoms with Gasteiger partial charge in [-0.25, -0.2) is 17.6 Å². The number of hydrogen-bond donors (Lipinski definition) is 0. The van der Waals surface area contributed by atoms with Crippen molar-refractivity contribution < 1.29 is 22.4 Å². The molecule has 0 heterocycles. The predicted molar refractivity (Wildman–Crippen MR) is 98.6 cm³/mol. The second-order valence-corrected chi connectivity index (χ2v) is 7.94. The molecule has 0 bridgehead atoms. The molecule has 0 radical (unpaired) electrons. The summed E-state index contributed by atoms with van der Waals surface area (Å²) in [6, 6.07) is 4.45.